The van der Waals surface area contributed by atoms with Crippen LogP contribution in [0.5, 0.6) is 5.75 Å². The lowest BCUT2D eigenvalue weighted by Gasteiger charge is -2.29. The Bertz CT molecular complexity index is 819. The van der Waals surface area contributed by atoms with Gasteiger partial charge >= 0.3 is 0 Å². The van der Waals surface area contributed by atoms with Gasteiger partial charge in [-0.3, -0.25) is 0 Å². The third kappa shape index (κ3) is 10.5. The lowest BCUT2D eigenvalue weighted by Crippen LogP contribution is -2.27. The Balaban J connectivity index is 1.33. The SMILES string of the molecule is C=CCCCCCCCC1COC(c2ccc(-c3ccc(OCCCCCCCC)cc3)cc2)OC1. The third-order valence-corrected chi connectivity index (χ3v) is 7.12. The Morgan fingerprint density at radius 3 is 2.00 bits per heavy atom. The Morgan fingerprint density at radius 1 is 0.750 bits per heavy atom. The van der Waals surface area contributed by atoms with Gasteiger partial charge in [0.05, 0.1) is 19.8 Å². The molecule has 0 saturated carbocycles. The first-order valence-electron chi connectivity index (χ1n) is 14.5. The monoisotopic (exact) mass is 492 g/mol. The van der Waals surface area contributed by atoms with Crippen LogP contribution in [0.3, 0.4) is 0 Å². The van der Waals surface area contributed by atoms with Crippen molar-refractivity contribution in [2.45, 2.75) is 96.7 Å². The Hall–Kier alpha value is -2.10. The first kappa shape index (κ1) is 28.5. The highest BCUT2D eigenvalue weighted by Crippen LogP contribution is 2.30. The molecule has 0 aliphatic carbocycles. The summed E-state index contributed by atoms with van der Waals surface area (Å²) in [5, 5.41) is 0. The third-order valence-electron chi connectivity index (χ3n) is 7.12. The van der Waals surface area contributed by atoms with Gasteiger partial charge in [0.1, 0.15) is 5.75 Å². The van der Waals surface area contributed by atoms with Crippen molar-refractivity contribution in [1.29, 1.82) is 0 Å². The van der Waals surface area contributed by atoms with E-state index in [1.54, 1.807) is 0 Å². The number of rotatable bonds is 18. The Kier molecular flexibility index (Phi) is 13.7. The molecular weight excluding hydrogens is 444 g/mol. The summed E-state index contributed by atoms with van der Waals surface area (Å²) in [5.74, 6) is 1.48. The molecule has 3 rings (SSSR count). The van der Waals surface area contributed by atoms with Crippen LogP contribution in [0.4, 0.5) is 0 Å². The number of ether oxygens (including phenoxy) is 3. The summed E-state index contributed by atoms with van der Waals surface area (Å²) in [7, 11) is 0. The van der Waals surface area contributed by atoms with Gasteiger partial charge in [0.15, 0.2) is 6.29 Å². The molecule has 36 heavy (non-hydrogen) atoms. The van der Waals surface area contributed by atoms with E-state index >= 15 is 0 Å². The Labute approximate surface area is 220 Å². The molecule has 0 radical (unpaired) electrons. The first-order chi connectivity index (χ1) is 17.8. The van der Waals surface area contributed by atoms with Gasteiger partial charge in [0.2, 0.25) is 0 Å². The fraction of sp³-hybridized carbons (Fsp3) is 0.576. The van der Waals surface area contributed by atoms with E-state index in [0.717, 1.165) is 44.0 Å². The highest BCUT2D eigenvalue weighted by atomic mass is 16.7. The van der Waals surface area contributed by atoms with Gasteiger partial charge in [-0.25, -0.2) is 0 Å². The van der Waals surface area contributed by atoms with E-state index in [2.05, 4.69) is 62.0 Å². The maximum Gasteiger partial charge on any atom is 0.183 e. The van der Waals surface area contributed by atoms with Gasteiger partial charge in [-0.15, -0.1) is 6.58 Å². The number of hydrogen-bond donors (Lipinski definition) is 0. The Morgan fingerprint density at radius 2 is 1.33 bits per heavy atom. The molecule has 0 N–H and O–H groups in total. The van der Waals surface area contributed by atoms with Crippen LogP contribution < -0.4 is 4.74 Å². The molecular formula is C33H48O3. The fourth-order valence-corrected chi connectivity index (χ4v) is 4.80. The van der Waals surface area contributed by atoms with Crippen LogP contribution >= 0.6 is 0 Å². The largest absolute Gasteiger partial charge is 0.494 e. The van der Waals surface area contributed by atoms with Crippen molar-refractivity contribution >= 4 is 0 Å². The zero-order chi connectivity index (χ0) is 25.3. The summed E-state index contributed by atoms with van der Waals surface area (Å²) in [6, 6.07) is 17.0. The molecule has 2 aromatic carbocycles. The van der Waals surface area contributed by atoms with Crippen LogP contribution in [-0.4, -0.2) is 19.8 Å². The van der Waals surface area contributed by atoms with Crippen molar-refractivity contribution < 1.29 is 14.2 Å². The highest BCUT2D eigenvalue weighted by molar-refractivity contribution is 5.64. The van der Waals surface area contributed by atoms with Crippen molar-refractivity contribution in [2.75, 3.05) is 19.8 Å². The van der Waals surface area contributed by atoms with Crippen LogP contribution in [0.15, 0.2) is 61.2 Å². The molecule has 0 spiro atoms. The molecule has 198 valence electrons. The van der Waals surface area contributed by atoms with E-state index in [9.17, 15) is 0 Å². The number of benzene rings is 2. The van der Waals surface area contributed by atoms with Crippen molar-refractivity contribution in [1.82, 2.24) is 0 Å². The highest BCUT2D eigenvalue weighted by Gasteiger charge is 2.23. The summed E-state index contributed by atoms with van der Waals surface area (Å²) >= 11 is 0. The second-order valence-electron chi connectivity index (χ2n) is 10.3. The zero-order valence-electron chi connectivity index (χ0n) is 22.6. The predicted molar refractivity (Wildman–Crippen MR) is 151 cm³/mol. The van der Waals surface area contributed by atoms with E-state index in [1.807, 2.05) is 6.08 Å². The average molecular weight is 493 g/mol. The summed E-state index contributed by atoms with van der Waals surface area (Å²) in [6.07, 6.45) is 18.3. The quantitative estimate of drug-likeness (QED) is 0.153. The van der Waals surface area contributed by atoms with Crippen LogP contribution in [0.25, 0.3) is 11.1 Å². The molecule has 0 bridgehead atoms. The van der Waals surface area contributed by atoms with Crippen molar-refractivity contribution in [3.05, 3.63) is 66.7 Å². The van der Waals surface area contributed by atoms with Gasteiger partial charge < -0.3 is 14.2 Å². The van der Waals surface area contributed by atoms with Crippen molar-refractivity contribution in [2.24, 2.45) is 5.92 Å². The predicted octanol–water partition coefficient (Wildman–Crippen LogP) is 9.67. The van der Waals surface area contributed by atoms with E-state index in [0.29, 0.717) is 5.92 Å². The molecule has 2 aromatic rings. The number of hydrogen-bond acceptors (Lipinski definition) is 3. The van der Waals surface area contributed by atoms with Gasteiger partial charge in [0.25, 0.3) is 0 Å². The minimum Gasteiger partial charge on any atom is -0.494 e. The molecule has 0 unspecified atom stereocenters. The normalized spacial score (nSPS) is 17.7. The van der Waals surface area contributed by atoms with Crippen LogP contribution in [0.1, 0.15) is 102 Å². The van der Waals surface area contributed by atoms with Crippen molar-refractivity contribution in [3.8, 4) is 16.9 Å². The lowest BCUT2D eigenvalue weighted by molar-refractivity contribution is -0.206. The van der Waals surface area contributed by atoms with Gasteiger partial charge in [-0.2, -0.15) is 0 Å². The minimum absolute atomic E-state index is 0.244. The molecule has 0 aromatic heterocycles. The number of allylic oxidation sites excluding steroid dienone is 1. The molecule has 3 heteroatoms. The molecule has 1 heterocycles. The molecule has 1 aliphatic heterocycles. The van der Waals surface area contributed by atoms with E-state index in [-0.39, 0.29) is 6.29 Å². The molecule has 0 atom stereocenters. The van der Waals surface area contributed by atoms with Gasteiger partial charge in [0, 0.05) is 11.5 Å². The van der Waals surface area contributed by atoms with Crippen LogP contribution in [-0.2, 0) is 9.47 Å². The first-order valence-corrected chi connectivity index (χ1v) is 14.5. The smallest absolute Gasteiger partial charge is 0.183 e. The summed E-state index contributed by atoms with van der Waals surface area (Å²) < 4.78 is 18.1. The van der Waals surface area contributed by atoms with Crippen LogP contribution in [0, 0.1) is 5.92 Å². The zero-order valence-corrected chi connectivity index (χ0v) is 22.6. The molecule has 1 saturated heterocycles. The summed E-state index contributed by atoms with van der Waals surface area (Å²) in [4.78, 5) is 0. The van der Waals surface area contributed by atoms with Crippen LogP contribution in [0.2, 0.25) is 0 Å². The second-order valence-corrected chi connectivity index (χ2v) is 10.3. The van der Waals surface area contributed by atoms with Crippen molar-refractivity contribution in [3.63, 3.8) is 0 Å². The second kappa shape index (κ2) is 17.4. The minimum atomic E-state index is -0.244. The van der Waals surface area contributed by atoms with E-state index in [1.165, 1.54) is 81.8 Å². The maximum absolute atomic E-state index is 6.07. The lowest BCUT2D eigenvalue weighted by atomic mass is 10.0. The molecule has 0 amide bonds. The fourth-order valence-electron chi connectivity index (χ4n) is 4.80. The van der Waals surface area contributed by atoms with Gasteiger partial charge in [-0.05, 0) is 48.9 Å². The molecule has 1 fully saturated rings. The standard InChI is InChI=1S/C33H48O3/c1-3-5-7-9-11-12-14-16-28-26-35-33(36-27-28)31-19-17-29(18-20-31)30-21-23-32(24-22-30)34-25-15-13-10-8-6-4-2/h3,17-24,28,33H,1,4-16,25-27H2,2H3. The van der Waals surface area contributed by atoms with E-state index < -0.39 is 0 Å². The van der Waals surface area contributed by atoms with E-state index in [4.69, 9.17) is 14.2 Å². The average Bonchev–Trinajstić information content (AvgIpc) is 2.93. The maximum atomic E-state index is 6.07. The summed E-state index contributed by atoms with van der Waals surface area (Å²) in [6.45, 7) is 8.44. The molecule has 1 aliphatic rings. The number of unbranched alkanes of at least 4 members (excludes halogenated alkanes) is 10. The van der Waals surface area contributed by atoms with Gasteiger partial charge in [-0.1, -0.05) is 107 Å². The summed E-state index contributed by atoms with van der Waals surface area (Å²) in [5.41, 5.74) is 3.49. The topological polar surface area (TPSA) is 27.7 Å². The molecule has 3 nitrogen and oxygen atoms in total.